The molecule has 0 fully saturated rings. The predicted octanol–water partition coefficient (Wildman–Crippen LogP) is 2.62. The molecule has 0 aromatic carbocycles. The van der Waals surface area contributed by atoms with Crippen molar-refractivity contribution in [2.75, 3.05) is 5.75 Å². The lowest BCUT2D eigenvalue weighted by atomic mass is 10.3. The average molecular weight is 230 g/mol. The molecular formula is C9H8ClNO2S. The lowest BCUT2D eigenvalue weighted by Crippen LogP contribution is -1.99. The Bertz CT molecular complexity index is 368. The number of aromatic carboxylic acids is 1. The van der Waals surface area contributed by atoms with Crippen LogP contribution in [0.3, 0.4) is 0 Å². The van der Waals surface area contributed by atoms with Crippen LogP contribution in [0.2, 0.25) is 0 Å². The van der Waals surface area contributed by atoms with E-state index in [-0.39, 0.29) is 5.69 Å². The van der Waals surface area contributed by atoms with E-state index in [1.807, 2.05) is 0 Å². The summed E-state index contributed by atoms with van der Waals surface area (Å²) in [6.07, 6.45) is 1.46. The van der Waals surface area contributed by atoms with Crippen molar-refractivity contribution < 1.29 is 9.90 Å². The van der Waals surface area contributed by atoms with Crippen LogP contribution in [0.1, 0.15) is 10.5 Å². The molecule has 74 valence electrons. The Kier molecular flexibility index (Phi) is 3.98. The lowest BCUT2D eigenvalue weighted by molar-refractivity contribution is 0.0690. The van der Waals surface area contributed by atoms with E-state index in [2.05, 4.69) is 11.6 Å². The molecule has 5 heteroatoms. The number of nitrogens with zero attached hydrogens (tertiary/aromatic N) is 1. The Balaban J connectivity index is 2.73. The average Bonchev–Trinajstić information content (AvgIpc) is 2.15. The third kappa shape index (κ3) is 3.40. The molecule has 0 aliphatic heterocycles. The summed E-state index contributed by atoms with van der Waals surface area (Å²) in [6.45, 7) is 3.54. The van der Waals surface area contributed by atoms with Gasteiger partial charge in [0.25, 0.3) is 0 Å². The van der Waals surface area contributed by atoms with Crippen LogP contribution in [0.25, 0.3) is 0 Å². The Labute approximate surface area is 90.8 Å². The number of aromatic nitrogens is 1. The second-order valence-corrected chi connectivity index (χ2v) is 4.07. The smallest absolute Gasteiger partial charge is 0.354 e. The van der Waals surface area contributed by atoms with Gasteiger partial charge in [-0.1, -0.05) is 18.2 Å². The normalized spacial score (nSPS) is 9.79. The van der Waals surface area contributed by atoms with Crippen LogP contribution in [0.15, 0.2) is 34.8 Å². The molecular weight excluding hydrogens is 222 g/mol. The highest BCUT2D eigenvalue weighted by molar-refractivity contribution is 7.99. The molecule has 0 bridgehead atoms. The molecule has 1 aromatic heterocycles. The number of pyridine rings is 1. The van der Waals surface area contributed by atoms with E-state index in [4.69, 9.17) is 16.7 Å². The Morgan fingerprint density at radius 3 is 3.00 bits per heavy atom. The van der Waals surface area contributed by atoms with Gasteiger partial charge >= 0.3 is 5.97 Å². The summed E-state index contributed by atoms with van der Waals surface area (Å²) in [5.74, 6) is -0.470. The molecule has 0 radical (unpaired) electrons. The summed E-state index contributed by atoms with van der Waals surface area (Å²) < 4.78 is 0. The van der Waals surface area contributed by atoms with E-state index >= 15 is 0 Å². The molecule has 0 spiro atoms. The first-order valence-electron chi connectivity index (χ1n) is 3.75. The number of halogens is 1. The van der Waals surface area contributed by atoms with Gasteiger partial charge in [-0.05, 0) is 12.1 Å². The minimum Gasteiger partial charge on any atom is -0.477 e. The molecule has 0 saturated carbocycles. The number of thioether (sulfide) groups is 1. The first-order valence-corrected chi connectivity index (χ1v) is 5.11. The monoisotopic (exact) mass is 229 g/mol. The maximum atomic E-state index is 10.6. The lowest BCUT2D eigenvalue weighted by Gasteiger charge is -2.00. The molecule has 0 unspecified atom stereocenters. The number of hydrogen-bond donors (Lipinski definition) is 1. The fourth-order valence-corrected chi connectivity index (χ4v) is 1.62. The van der Waals surface area contributed by atoms with Crippen LogP contribution >= 0.6 is 23.4 Å². The van der Waals surface area contributed by atoms with E-state index in [1.165, 1.54) is 24.0 Å². The first kappa shape index (κ1) is 11.1. The molecule has 0 aliphatic carbocycles. The van der Waals surface area contributed by atoms with Crippen LogP contribution in [0.5, 0.6) is 0 Å². The highest BCUT2D eigenvalue weighted by atomic mass is 35.5. The summed E-state index contributed by atoms with van der Waals surface area (Å²) in [6, 6.07) is 3.24. The van der Waals surface area contributed by atoms with Gasteiger partial charge in [0.2, 0.25) is 0 Å². The van der Waals surface area contributed by atoms with Gasteiger partial charge in [-0.2, -0.15) is 0 Å². The van der Waals surface area contributed by atoms with Gasteiger partial charge in [0.15, 0.2) is 0 Å². The van der Waals surface area contributed by atoms with Crippen molar-refractivity contribution in [3.63, 3.8) is 0 Å². The van der Waals surface area contributed by atoms with Crippen molar-refractivity contribution in [2.45, 2.75) is 4.90 Å². The van der Waals surface area contributed by atoms with Gasteiger partial charge < -0.3 is 5.11 Å². The molecule has 14 heavy (non-hydrogen) atoms. The minimum atomic E-state index is -1.03. The number of carboxylic acid groups (broad SMARTS) is 1. The third-order valence-corrected chi connectivity index (χ3v) is 2.72. The maximum absolute atomic E-state index is 10.6. The van der Waals surface area contributed by atoms with Gasteiger partial charge in [-0.25, -0.2) is 9.78 Å². The van der Waals surface area contributed by atoms with Crippen molar-refractivity contribution in [1.82, 2.24) is 4.98 Å². The van der Waals surface area contributed by atoms with Crippen molar-refractivity contribution in [3.8, 4) is 0 Å². The zero-order chi connectivity index (χ0) is 10.6. The topological polar surface area (TPSA) is 50.2 Å². The SMILES string of the molecule is C=C(Cl)CSc1ccnc(C(=O)O)c1. The highest BCUT2D eigenvalue weighted by Crippen LogP contribution is 2.21. The Morgan fingerprint density at radius 2 is 2.43 bits per heavy atom. The van der Waals surface area contributed by atoms with Gasteiger partial charge in [0, 0.05) is 21.9 Å². The third-order valence-electron chi connectivity index (χ3n) is 1.35. The summed E-state index contributed by atoms with van der Waals surface area (Å²) in [5.41, 5.74) is 0.0372. The van der Waals surface area contributed by atoms with Gasteiger partial charge in [0.05, 0.1) is 0 Å². The molecule has 3 nitrogen and oxygen atoms in total. The fourth-order valence-electron chi connectivity index (χ4n) is 0.780. The molecule has 1 rings (SSSR count). The van der Waals surface area contributed by atoms with Crippen LogP contribution in [-0.4, -0.2) is 21.8 Å². The van der Waals surface area contributed by atoms with Crippen LogP contribution in [0.4, 0.5) is 0 Å². The summed E-state index contributed by atoms with van der Waals surface area (Å²) in [5, 5.41) is 9.20. The van der Waals surface area contributed by atoms with Crippen LogP contribution in [-0.2, 0) is 0 Å². The number of rotatable bonds is 4. The maximum Gasteiger partial charge on any atom is 0.354 e. The Hall–Kier alpha value is -1.00. The first-order chi connectivity index (χ1) is 6.59. The second kappa shape index (κ2) is 5.02. The van der Waals surface area contributed by atoms with Gasteiger partial charge in [-0.3, -0.25) is 0 Å². The highest BCUT2D eigenvalue weighted by Gasteiger charge is 2.04. The van der Waals surface area contributed by atoms with E-state index in [1.54, 1.807) is 6.07 Å². The Morgan fingerprint density at radius 1 is 1.71 bits per heavy atom. The molecule has 0 amide bonds. The van der Waals surface area contributed by atoms with Crippen molar-refractivity contribution in [3.05, 3.63) is 35.6 Å². The molecule has 0 saturated heterocycles. The van der Waals surface area contributed by atoms with Crippen molar-refractivity contribution >= 4 is 29.3 Å². The fraction of sp³-hybridized carbons (Fsp3) is 0.111. The number of carbonyl (C=O) groups is 1. The molecule has 1 heterocycles. The van der Waals surface area contributed by atoms with E-state index in [9.17, 15) is 4.79 Å². The molecule has 0 aliphatic rings. The summed E-state index contributed by atoms with van der Waals surface area (Å²) in [7, 11) is 0. The molecule has 0 atom stereocenters. The predicted molar refractivity (Wildman–Crippen MR) is 56.9 cm³/mol. The van der Waals surface area contributed by atoms with Crippen molar-refractivity contribution in [1.29, 1.82) is 0 Å². The zero-order valence-electron chi connectivity index (χ0n) is 7.24. The minimum absolute atomic E-state index is 0.0372. The quantitative estimate of drug-likeness (QED) is 0.807. The van der Waals surface area contributed by atoms with E-state index in [0.29, 0.717) is 10.8 Å². The standard InChI is InChI=1S/C9H8ClNO2S/c1-6(10)5-14-7-2-3-11-8(4-7)9(12)13/h2-4H,1,5H2,(H,12,13). The molecule has 1 aromatic rings. The number of carboxylic acids is 1. The second-order valence-electron chi connectivity index (χ2n) is 2.49. The van der Waals surface area contributed by atoms with Gasteiger partial charge in [-0.15, -0.1) is 11.8 Å². The summed E-state index contributed by atoms with van der Waals surface area (Å²) in [4.78, 5) is 15.1. The largest absolute Gasteiger partial charge is 0.477 e. The van der Waals surface area contributed by atoms with Crippen LogP contribution in [0, 0.1) is 0 Å². The zero-order valence-corrected chi connectivity index (χ0v) is 8.81. The summed E-state index contributed by atoms with van der Waals surface area (Å²) >= 11 is 7.01. The number of hydrogen-bond acceptors (Lipinski definition) is 3. The van der Waals surface area contributed by atoms with E-state index in [0.717, 1.165) is 4.90 Å². The van der Waals surface area contributed by atoms with Gasteiger partial charge in [0.1, 0.15) is 5.69 Å². The van der Waals surface area contributed by atoms with Crippen LogP contribution < -0.4 is 0 Å². The van der Waals surface area contributed by atoms with Crippen molar-refractivity contribution in [2.24, 2.45) is 0 Å². The van der Waals surface area contributed by atoms with E-state index < -0.39 is 5.97 Å². The molecule has 1 N–H and O–H groups in total.